The number of hydrogen-bond acceptors (Lipinski definition) is 2. The van der Waals surface area contributed by atoms with Crippen LogP contribution in [0.3, 0.4) is 0 Å². The Kier molecular flexibility index (Phi) is 7.71. The highest BCUT2D eigenvalue weighted by Crippen LogP contribution is 2.63. The molecule has 13 rings (SSSR count). The van der Waals surface area contributed by atoms with Crippen molar-refractivity contribution in [2.75, 3.05) is 9.80 Å². The number of para-hydroxylation sites is 2. The van der Waals surface area contributed by atoms with Crippen molar-refractivity contribution in [2.24, 2.45) is 11.8 Å². The molecule has 0 aromatic heterocycles. The first kappa shape index (κ1) is 37.4. The lowest BCUT2D eigenvalue weighted by Crippen LogP contribution is -2.45. The van der Waals surface area contributed by atoms with Gasteiger partial charge in [-0.2, -0.15) is 0 Å². The largest absolute Gasteiger partial charge is 0.334 e. The minimum atomic E-state index is -0.178. The molecule has 0 amide bonds. The van der Waals surface area contributed by atoms with E-state index in [0.29, 0.717) is 23.7 Å². The molecule has 8 aromatic rings. The van der Waals surface area contributed by atoms with Crippen LogP contribution in [-0.2, 0) is 5.41 Å². The van der Waals surface area contributed by atoms with Gasteiger partial charge in [0.25, 0.3) is 0 Å². The first-order valence-corrected chi connectivity index (χ1v) is 23.7. The van der Waals surface area contributed by atoms with Crippen LogP contribution in [-0.4, -0.2) is 11.1 Å². The van der Waals surface area contributed by atoms with E-state index in [1.807, 2.05) is 0 Å². The summed E-state index contributed by atoms with van der Waals surface area (Å²) in [6.07, 6.45) is 5.01. The third-order valence-corrected chi connectivity index (χ3v) is 17.7. The van der Waals surface area contributed by atoms with Crippen LogP contribution >= 0.6 is 0 Å². The number of rotatable bonds is 4. The van der Waals surface area contributed by atoms with Gasteiger partial charge >= 0.3 is 0 Å². The molecule has 6 unspecified atom stereocenters. The molecule has 0 bridgehead atoms. The van der Waals surface area contributed by atoms with Gasteiger partial charge < -0.3 is 9.80 Å². The van der Waals surface area contributed by atoms with Crippen LogP contribution in [0.25, 0.3) is 54.9 Å². The van der Waals surface area contributed by atoms with Crippen molar-refractivity contribution in [1.82, 2.24) is 0 Å². The van der Waals surface area contributed by atoms with E-state index in [1.54, 1.807) is 0 Å². The van der Waals surface area contributed by atoms with Crippen LogP contribution in [0.5, 0.6) is 0 Å². The number of hydrogen-bond donors (Lipinski definition) is 0. The van der Waals surface area contributed by atoms with Crippen LogP contribution in [0.1, 0.15) is 101 Å². The quantitative estimate of drug-likeness (QED) is 0.163. The molecule has 2 aliphatic heterocycles. The minimum absolute atomic E-state index is 0.0725. The Morgan fingerprint density at radius 1 is 0.429 bits per heavy atom. The fourth-order valence-corrected chi connectivity index (χ4v) is 14.2. The molecule has 6 atom stereocenters. The highest BCUT2D eigenvalue weighted by Gasteiger charge is 2.56. The van der Waals surface area contributed by atoms with Crippen LogP contribution in [0, 0.1) is 11.8 Å². The molecule has 2 heteroatoms. The van der Waals surface area contributed by atoms with E-state index < -0.39 is 0 Å². The molecule has 2 saturated carbocycles. The zero-order valence-corrected chi connectivity index (χ0v) is 37.5. The number of anilines is 4. The number of benzene rings is 8. The van der Waals surface area contributed by atoms with Gasteiger partial charge in [0.1, 0.15) is 0 Å². The third kappa shape index (κ3) is 4.85. The van der Waals surface area contributed by atoms with Gasteiger partial charge in [0.05, 0.1) is 11.1 Å². The Hall–Kier alpha value is -6.12. The molecule has 0 radical (unpaired) electrons. The zero-order chi connectivity index (χ0) is 42.6. The van der Waals surface area contributed by atoms with Gasteiger partial charge in [-0.05, 0) is 189 Å². The molecule has 2 heterocycles. The summed E-state index contributed by atoms with van der Waals surface area (Å²) in [4.78, 5) is 5.35. The molecule has 0 spiro atoms. The van der Waals surface area contributed by atoms with E-state index in [2.05, 4.69) is 209 Å². The predicted molar refractivity (Wildman–Crippen MR) is 266 cm³/mol. The van der Waals surface area contributed by atoms with E-state index in [-0.39, 0.29) is 16.5 Å². The number of nitrogens with zero attached hydrogens (tertiary/aromatic N) is 2. The van der Waals surface area contributed by atoms with Crippen molar-refractivity contribution in [3.05, 3.63) is 180 Å². The summed E-state index contributed by atoms with van der Waals surface area (Å²) in [5.74, 6) is 2.27. The van der Waals surface area contributed by atoms with Gasteiger partial charge in [-0.3, -0.25) is 0 Å². The third-order valence-electron chi connectivity index (χ3n) is 17.7. The van der Waals surface area contributed by atoms with Gasteiger partial charge in [-0.1, -0.05) is 125 Å². The predicted octanol–water partition coefficient (Wildman–Crippen LogP) is 16.5. The molecule has 5 aliphatic rings. The lowest BCUT2D eigenvalue weighted by atomic mass is 9.78. The van der Waals surface area contributed by atoms with Crippen molar-refractivity contribution >= 4 is 44.3 Å². The second-order valence-electron chi connectivity index (χ2n) is 20.8. The minimum Gasteiger partial charge on any atom is -0.334 e. The standard InChI is InChI=1S/C61H56N2/c1-37-21-29-52-50-34-40(25-31-55(50)62(60(37,52)5)43-15-9-7-10-16-43)39-23-27-47-49(33-39)45-19-13-14-20-46(45)57-48-28-24-42(36-54(48)59(3,4)58(47)57)41-26-32-56-51(35-41)53-30-22-38(2)61(53,6)63(56)44-17-11-8-12-18-44/h7-20,23-28,31-38,52-53H,21-22,29-30H2,1-6H3. The monoisotopic (exact) mass is 816 g/mol. The molecular formula is C61H56N2. The molecule has 0 N–H and O–H groups in total. The Morgan fingerprint density at radius 2 is 0.905 bits per heavy atom. The fourth-order valence-electron chi connectivity index (χ4n) is 14.2. The van der Waals surface area contributed by atoms with E-state index in [9.17, 15) is 0 Å². The average Bonchev–Trinajstić information content (AvgIpc) is 4.02. The average molecular weight is 817 g/mol. The maximum Gasteiger partial charge on any atom is 0.0518 e. The smallest absolute Gasteiger partial charge is 0.0518 e. The topological polar surface area (TPSA) is 6.48 Å². The lowest BCUT2D eigenvalue weighted by Gasteiger charge is -2.41. The second kappa shape index (κ2) is 13.0. The Morgan fingerprint density at radius 3 is 1.48 bits per heavy atom. The van der Waals surface area contributed by atoms with Gasteiger partial charge in [0, 0.05) is 40.0 Å². The molecule has 2 fully saturated rings. The normalized spacial score (nSPS) is 25.9. The molecule has 8 aromatic carbocycles. The molecule has 3 aliphatic carbocycles. The van der Waals surface area contributed by atoms with Gasteiger partial charge in [-0.15, -0.1) is 0 Å². The molecule has 0 saturated heterocycles. The maximum absolute atomic E-state index is 2.67. The summed E-state index contributed by atoms with van der Waals surface area (Å²) in [6, 6.07) is 60.8. The summed E-state index contributed by atoms with van der Waals surface area (Å²) in [5, 5.41) is 5.42. The first-order chi connectivity index (χ1) is 30.6. The Bertz CT molecular complexity index is 3200. The van der Waals surface area contributed by atoms with Crippen molar-refractivity contribution in [3.63, 3.8) is 0 Å². The first-order valence-electron chi connectivity index (χ1n) is 23.7. The lowest BCUT2D eigenvalue weighted by molar-refractivity contribution is 0.355. The van der Waals surface area contributed by atoms with E-state index >= 15 is 0 Å². The van der Waals surface area contributed by atoms with Crippen LogP contribution < -0.4 is 9.80 Å². The van der Waals surface area contributed by atoms with Crippen molar-refractivity contribution < 1.29 is 0 Å². The van der Waals surface area contributed by atoms with E-state index in [1.165, 1.54) is 126 Å². The van der Waals surface area contributed by atoms with Gasteiger partial charge in [0.15, 0.2) is 0 Å². The highest BCUT2D eigenvalue weighted by molar-refractivity contribution is 6.19. The van der Waals surface area contributed by atoms with Crippen molar-refractivity contribution in [1.29, 1.82) is 0 Å². The summed E-state index contributed by atoms with van der Waals surface area (Å²) in [7, 11) is 0. The fraction of sp³-hybridized carbons (Fsp3) is 0.279. The number of fused-ring (bicyclic) bond motifs is 14. The van der Waals surface area contributed by atoms with E-state index in [4.69, 9.17) is 0 Å². The molecule has 63 heavy (non-hydrogen) atoms. The molecular weight excluding hydrogens is 761 g/mol. The molecule has 2 nitrogen and oxygen atoms in total. The van der Waals surface area contributed by atoms with Crippen LogP contribution in [0.4, 0.5) is 22.7 Å². The van der Waals surface area contributed by atoms with E-state index in [0.717, 1.165) is 0 Å². The van der Waals surface area contributed by atoms with Crippen LogP contribution in [0.15, 0.2) is 158 Å². The van der Waals surface area contributed by atoms with Crippen LogP contribution in [0.2, 0.25) is 0 Å². The zero-order valence-electron chi connectivity index (χ0n) is 37.5. The molecule has 310 valence electrons. The summed E-state index contributed by atoms with van der Waals surface area (Å²) in [5.41, 5.74) is 19.3. The highest BCUT2D eigenvalue weighted by atomic mass is 15.3. The van der Waals surface area contributed by atoms with Gasteiger partial charge in [0.2, 0.25) is 0 Å². The summed E-state index contributed by atoms with van der Waals surface area (Å²) < 4.78 is 0. The van der Waals surface area contributed by atoms with Crippen molar-refractivity contribution in [3.8, 4) is 33.4 Å². The summed E-state index contributed by atoms with van der Waals surface area (Å²) in [6.45, 7) is 14.9. The SMILES string of the molecule is CC1CCC2c3cc(-c4ccc5c(c4)C(C)(C)c4c-5c5ccccc5c5cc(-c6ccc7c(c6)C6CCC(C)C6(C)N7c6ccccc6)ccc45)ccc3N(c3ccccc3)C12C. The van der Waals surface area contributed by atoms with Crippen molar-refractivity contribution in [2.45, 2.75) is 95.6 Å². The Balaban J connectivity index is 0.915. The summed E-state index contributed by atoms with van der Waals surface area (Å²) >= 11 is 0. The Labute approximate surface area is 373 Å². The maximum atomic E-state index is 2.67. The second-order valence-corrected chi connectivity index (χ2v) is 20.8. The van der Waals surface area contributed by atoms with Gasteiger partial charge in [-0.25, -0.2) is 0 Å².